The van der Waals surface area contributed by atoms with Gasteiger partial charge < -0.3 is 15.1 Å². The average Bonchev–Trinajstić information content (AvgIpc) is 2.99. The van der Waals surface area contributed by atoms with Crippen molar-refractivity contribution in [3.63, 3.8) is 0 Å². The van der Waals surface area contributed by atoms with Crippen molar-refractivity contribution in [1.82, 2.24) is 5.32 Å². The first-order valence-electron chi connectivity index (χ1n) is 9.03. The van der Waals surface area contributed by atoms with E-state index in [-0.39, 0.29) is 24.7 Å². The number of carbonyl (C=O) groups excluding carboxylic acids is 2. The van der Waals surface area contributed by atoms with Gasteiger partial charge >= 0.3 is 0 Å². The summed E-state index contributed by atoms with van der Waals surface area (Å²) in [4.78, 5) is 24.2. The van der Waals surface area contributed by atoms with E-state index >= 15 is 0 Å². The zero-order valence-electron chi connectivity index (χ0n) is 15.9. The maximum atomic E-state index is 12.2. The molecule has 3 rings (SSSR count). The molecular formula is C22H24N2O3. The lowest BCUT2D eigenvalue weighted by Gasteiger charge is -2.07. The van der Waals surface area contributed by atoms with Gasteiger partial charge in [0.25, 0.3) is 0 Å². The van der Waals surface area contributed by atoms with E-state index < -0.39 is 0 Å². The number of aryl methyl sites for hydroxylation is 3. The number of furan rings is 1. The zero-order valence-corrected chi connectivity index (χ0v) is 15.9. The molecule has 1 aromatic heterocycles. The molecule has 5 nitrogen and oxygen atoms in total. The molecule has 0 aliphatic rings. The summed E-state index contributed by atoms with van der Waals surface area (Å²) in [6.07, 6.45) is 2.09. The number of fused-ring (bicyclic) bond motifs is 1. The molecule has 0 fully saturated rings. The quantitative estimate of drug-likeness (QED) is 0.693. The zero-order chi connectivity index (χ0) is 19.4. The van der Waals surface area contributed by atoms with Crippen molar-refractivity contribution in [1.29, 1.82) is 0 Å². The Morgan fingerprint density at radius 2 is 1.67 bits per heavy atom. The van der Waals surface area contributed by atoms with Crippen LogP contribution in [0.15, 0.2) is 47.1 Å². The van der Waals surface area contributed by atoms with Crippen LogP contribution in [0.1, 0.15) is 28.7 Å². The molecule has 2 N–H and O–H groups in total. The van der Waals surface area contributed by atoms with Crippen molar-refractivity contribution in [2.45, 2.75) is 33.6 Å². The number of benzene rings is 2. The topological polar surface area (TPSA) is 71.3 Å². The predicted molar refractivity (Wildman–Crippen MR) is 107 cm³/mol. The summed E-state index contributed by atoms with van der Waals surface area (Å²) >= 11 is 0. The van der Waals surface area contributed by atoms with Gasteiger partial charge in [-0.3, -0.25) is 9.59 Å². The molecule has 0 saturated carbocycles. The summed E-state index contributed by atoms with van der Waals surface area (Å²) in [5.41, 5.74) is 5.86. The molecule has 0 aliphatic carbocycles. The second-order valence-electron chi connectivity index (χ2n) is 6.88. The van der Waals surface area contributed by atoms with Crippen LogP contribution in [0.5, 0.6) is 0 Å². The minimum atomic E-state index is -0.126. The molecule has 0 bridgehead atoms. The minimum absolute atomic E-state index is 0.126. The second-order valence-corrected chi connectivity index (χ2v) is 6.88. The number of anilines is 1. The van der Waals surface area contributed by atoms with Crippen LogP contribution < -0.4 is 10.6 Å². The van der Waals surface area contributed by atoms with Gasteiger partial charge in [0.1, 0.15) is 5.58 Å². The van der Waals surface area contributed by atoms with Gasteiger partial charge in [0.05, 0.1) is 12.7 Å². The first-order chi connectivity index (χ1) is 12.9. The Hall–Kier alpha value is -3.08. The van der Waals surface area contributed by atoms with Crippen LogP contribution in [0, 0.1) is 20.8 Å². The van der Waals surface area contributed by atoms with E-state index in [0.717, 1.165) is 33.3 Å². The molecule has 1 heterocycles. The Balaban J connectivity index is 1.49. The van der Waals surface area contributed by atoms with Crippen LogP contribution in [0.25, 0.3) is 11.0 Å². The Morgan fingerprint density at radius 1 is 0.963 bits per heavy atom. The summed E-state index contributed by atoms with van der Waals surface area (Å²) in [5.74, 6) is -0.252. The third-order valence-electron chi connectivity index (χ3n) is 4.63. The van der Waals surface area contributed by atoms with Gasteiger partial charge in [-0.25, -0.2) is 0 Å². The van der Waals surface area contributed by atoms with E-state index in [1.165, 1.54) is 5.56 Å². The van der Waals surface area contributed by atoms with Crippen LogP contribution in [0.3, 0.4) is 0 Å². The van der Waals surface area contributed by atoms with E-state index in [9.17, 15) is 9.59 Å². The molecule has 0 aliphatic heterocycles. The van der Waals surface area contributed by atoms with Crippen LogP contribution in [0.2, 0.25) is 0 Å². The molecule has 0 radical (unpaired) electrons. The lowest BCUT2D eigenvalue weighted by atomic mass is 10.0. The predicted octanol–water partition coefficient (Wildman–Crippen LogP) is 4.05. The van der Waals surface area contributed by atoms with E-state index in [2.05, 4.69) is 10.6 Å². The van der Waals surface area contributed by atoms with E-state index in [4.69, 9.17) is 4.42 Å². The lowest BCUT2D eigenvalue weighted by Crippen LogP contribution is -2.28. The molecule has 3 aromatic rings. The SMILES string of the molecule is Cc1ccc(NC(=O)CCNC(=O)Cc2coc3cc(C)c(C)cc23)cc1. The van der Waals surface area contributed by atoms with E-state index in [0.29, 0.717) is 6.54 Å². The number of carbonyl (C=O) groups is 2. The molecule has 2 aromatic carbocycles. The fraction of sp³-hybridized carbons (Fsp3) is 0.273. The standard InChI is InChI=1S/C22H24N2O3/c1-14-4-6-18(7-5-14)24-21(25)8-9-23-22(26)12-17-13-27-20-11-16(3)15(2)10-19(17)20/h4-7,10-11,13H,8-9,12H2,1-3H3,(H,23,26)(H,24,25). The molecular weight excluding hydrogens is 340 g/mol. The Labute approximate surface area is 158 Å². The van der Waals surface area contributed by atoms with E-state index in [1.54, 1.807) is 6.26 Å². The van der Waals surface area contributed by atoms with Crippen molar-refractivity contribution in [2.24, 2.45) is 0 Å². The molecule has 2 amide bonds. The van der Waals surface area contributed by atoms with Crippen molar-refractivity contribution < 1.29 is 14.0 Å². The fourth-order valence-electron chi connectivity index (χ4n) is 2.88. The smallest absolute Gasteiger partial charge is 0.226 e. The summed E-state index contributed by atoms with van der Waals surface area (Å²) < 4.78 is 5.56. The summed E-state index contributed by atoms with van der Waals surface area (Å²) in [6, 6.07) is 11.6. The normalized spacial score (nSPS) is 10.8. The second kappa shape index (κ2) is 8.08. The third kappa shape index (κ3) is 4.76. The molecule has 0 unspecified atom stereocenters. The molecule has 0 saturated heterocycles. The van der Waals surface area contributed by atoms with Gasteiger partial charge in [-0.2, -0.15) is 0 Å². The van der Waals surface area contributed by atoms with Crippen molar-refractivity contribution in [3.8, 4) is 0 Å². The fourth-order valence-corrected chi connectivity index (χ4v) is 2.88. The summed E-state index contributed by atoms with van der Waals surface area (Å²) in [5, 5.41) is 6.58. The van der Waals surface area contributed by atoms with Crippen LogP contribution >= 0.6 is 0 Å². The highest BCUT2D eigenvalue weighted by atomic mass is 16.3. The number of nitrogens with one attached hydrogen (secondary N) is 2. The summed E-state index contributed by atoms with van der Waals surface area (Å²) in [6.45, 7) is 6.36. The van der Waals surface area contributed by atoms with Crippen LogP contribution in [-0.4, -0.2) is 18.4 Å². The van der Waals surface area contributed by atoms with Crippen molar-refractivity contribution in [3.05, 3.63) is 64.9 Å². The highest BCUT2D eigenvalue weighted by Crippen LogP contribution is 2.25. The molecule has 0 atom stereocenters. The molecule has 27 heavy (non-hydrogen) atoms. The molecule has 5 heteroatoms. The molecule has 0 spiro atoms. The van der Waals surface area contributed by atoms with Gasteiger partial charge in [-0.15, -0.1) is 0 Å². The van der Waals surface area contributed by atoms with Gasteiger partial charge in [-0.1, -0.05) is 17.7 Å². The van der Waals surface area contributed by atoms with Gasteiger partial charge in [-0.05, 0) is 56.2 Å². The Kier molecular flexibility index (Phi) is 5.60. The number of hydrogen-bond donors (Lipinski definition) is 2. The largest absolute Gasteiger partial charge is 0.464 e. The first kappa shape index (κ1) is 18.7. The number of rotatable bonds is 6. The van der Waals surface area contributed by atoms with Crippen molar-refractivity contribution >= 4 is 28.5 Å². The van der Waals surface area contributed by atoms with Crippen LogP contribution in [-0.2, 0) is 16.0 Å². The Bertz CT molecular complexity index is 971. The highest BCUT2D eigenvalue weighted by Gasteiger charge is 2.12. The van der Waals surface area contributed by atoms with Crippen molar-refractivity contribution in [2.75, 3.05) is 11.9 Å². The monoisotopic (exact) mass is 364 g/mol. The number of hydrogen-bond acceptors (Lipinski definition) is 3. The maximum Gasteiger partial charge on any atom is 0.226 e. The average molecular weight is 364 g/mol. The van der Waals surface area contributed by atoms with Gasteiger partial charge in [0.15, 0.2) is 0 Å². The highest BCUT2D eigenvalue weighted by molar-refractivity contribution is 5.91. The minimum Gasteiger partial charge on any atom is -0.464 e. The molecule has 140 valence electrons. The first-order valence-corrected chi connectivity index (χ1v) is 9.03. The maximum absolute atomic E-state index is 12.2. The van der Waals surface area contributed by atoms with Crippen LogP contribution in [0.4, 0.5) is 5.69 Å². The Morgan fingerprint density at radius 3 is 2.41 bits per heavy atom. The van der Waals surface area contributed by atoms with Gasteiger partial charge in [0.2, 0.25) is 11.8 Å². The summed E-state index contributed by atoms with van der Waals surface area (Å²) in [7, 11) is 0. The lowest BCUT2D eigenvalue weighted by molar-refractivity contribution is -0.120. The van der Waals surface area contributed by atoms with E-state index in [1.807, 2.05) is 57.2 Å². The third-order valence-corrected chi connectivity index (χ3v) is 4.63. The van der Waals surface area contributed by atoms with Gasteiger partial charge in [0, 0.05) is 29.6 Å². The number of amides is 2.